The van der Waals surface area contributed by atoms with Crippen molar-refractivity contribution < 1.29 is 14.2 Å². The summed E-state index contributed by atoms with van der Waals surface area (Å²) in [5.41, 5.74) is 0. The van der Waals surface area contributed by atoms with Gasteiger partial charge in [0.15, 0.2) is 0 Å². The molecule has 0 unspecified atom stereocenters. The van der Waals surface area contributed by atoms with Gasteiger partial charge in [-0.05, 0) is 0 Å². The molecule has 2 bridgehead atoms. The van der Waals surface area contributed by atoms with E-state index in [0.29, 0.717) is 23.3 Å². The number of hydrogen-bond acceptors (Lipinski definition) is 3. The lowest BCUT2D eigenvalue weighted by atomic mass is 9.85. The maximum Gasteiger partial charge on any atom is 0.217 e. The van der Waals surface area contributed by atoms with Crippen molar-refractivity contribution in [3.05, 3.63) is 10.1 Å². The molecule has 1 saturated carbocycles. The fourth-order valence-electron chi connectivity index (χ4n) is 3.70. The molecule has 1 saturated heterocycles. The number of rotatable bonds is 2. The van der Waals surface area contributed by atoms with Gasteiger partial charge in [0, 0.05) is 26.1 Å². The Morgan fingerprint density at radius 3 is 1.72 bits per heavy atom. The van der Waals surface area contributed by atoms with Crippen LogP contribution in [0.2, 0.25) is 0 Å². The normalized spacial score (nSPS) is 49.0. The topological polar surface area (TPSA) is 27.7 Å². The summed E-state index contributed by atoms with van der Waals surface area (Å²) in [5.74, 6) is -1.42. The standard InChI is InChI=1S/C11H12Cl4O3/c1-16-11(17-2)9(14)5-3-18-4-6(5)10(11,15)8(13)7(9)12/h5-6H,3-4H2,1-2H3/t5-,6-,9-,10-/m0/s1. The second-order valence-electron chi connectivity index (χ2n) is 4.83. The number of hydrogen-bond donors (Lipinski definition) is 0. The third-order valence-corrected chi connectivity index (χ3v) is 7.17. The Hall–Kier alpha value is 0.780. The molecule has 3 aliphatic rings. The second kappa shape index (κ2) is 3.91. The summed E-state index contributed by atoms with van der Waals surface area (Å²) >= 11 is 26.2. The molecule has 0 radical (unpaired) electrons. The molecule has 3 nitrogen and oxygen atoms in total. The van der Waals surface area contributed by atoms with Crippen LogP contribution >= 0.6 is 46.4 Å². The average molecular weight is 334 g/mol. The molecule has 0 N–H and O–H groups in total. The van der Waals surface area contributed by atoms with Gasteiger partial charge in [0.25, 0.3) is 0 Å². The molecule has 1 heterocycles. The first-order valence-electron chi connectivity index (χ1n) is 5.54. The number of ether oxygens (including phenoxy) is 3. The van der Waals surface area contributed by atoms with Crippen molar-refractivity contribution in [1.82, 2.24) is 0 Å². The van der Waals surface area contributed by atoms with E-state index < -0.39 is 15.5 Å². The lowest BCUT2D eigenvalue weighted by molar-refractivity contribution is -0.223. The SMILES string of the molecule is COC1(OC)[C@@]2(Cl)C(Cl)=C(Cl)[C@@]1(Cl)[C@H]1COC[C@@H]12. The molecule has 4 atom stereocenters. The van der Waals surface area contributed by atoms with Gasteiger partial charge in [-0.15, -0.1) is 23.2 Å². The second-order valence-corrected chi connectivity index (χ2v) is 6.78. The van der Waals surface area contributed by atoms with E-state index in [-0.39, 0.29) is 11.8 Å². The van der Waals surface area contributed by atoms with Gasteiger partial charge in [0.2, 0.25) is 5.79 Å². The molecule has 0 aromatic heterocycles. The van der Waals surface area contributed by atoms with Crippen molar-refractivity contribution in [1.29, 1.82) is 0 Å². The number of methoxy groups -OCH3 is 2. The lowest BCUT2D eigenvalue weighted by Gasteiger charge is -2.41. The first-order valence-corrected chi connectivity index (χ1v) is 7.05. The Kier molecular flexibility index (Phi) is 2.99. The fourth-order valence-corrected chi connectivity index (χ4v) is 5.90. The molecular weight excluding hydrogens is 322 g/mol. The Labute approximate surface area is 125 Å². The van der Waals surface area contributed by atoms with Crippen molar-refractivity contribution in [2.75, 3.05) is 27.4 Å². The quantitative estimate of drug-likeness (QED) is 0.574. The highest BCUT2D eigenvalue weighted by molar-refractivity contribution is 6.52. The van der Waals surface area contributed by atoms with Crippen molar-refractivity contribution in [3.8, 4) is 0 Å². The molecule has 0 amide bonds. The van der Waals surface area contributed by atoms with Gasteiger partial charge in [-0.25, -0.2) is 0 Å². The maximum atomic E-state index is 6.77. The molecule has 7 heteroatoms. The predicted molar refractivity (Wildman–Crippen MR) is 70.4 cm³/mol. The fraction of sp³-hybridized carbons (Fsp3) is 0.818. The zero-order chi connectivity index (χ0) is 13.3. The molecule has 102 valence electrons. The van der Waals surface area contributed by atoms with E-state index >= 15 is 0 Å². The van der Waals surface area contributed by atoms with E-state index in [1.807, 2.05) is 0 Å². The predicted octanol–water partition coefficient (Wildman–Crippen LogP) is 2.91. The molecule has 18 heavy (non-hydrogen) atoms. The van der Waals surface area contributed by atoms with Crippen LogP contribution < -0.4 is 0 Å². The van der Waals surface area contributed by atoms with Gasteiger partial charge in [-0.1, -0.05) is 23.2 Å². The molecule has 0 spiro atoms. The highest BCUT2D eigenvalue weighted by atomic mass is 35.5. The summed E-state index contributed by atoms with van der Waals surface area (Å²) in [6.45, 7) is 0.939. The molecule has 0 aromatic carbocycles. The van der Waals surface area contributed by atoms with Crippen LogP contribution in [0.1, 0.15) is 0 Å². The van der Waals surface area contributed by atoms with Crippen LogP contribution in [0.15, 0.2) is 10.1 Å². The van der Waals surface area contributed by atoms with Gasteiger partial charge < -0.3 is 14.2 Å². The minimum atomic E-state index is -1.27. The number of fused-ring (bicyclic) bond motifs is 5. The summed E-state index contributed by atoms with van der Waals surface area (Å²) in [7, 11) is 3.00. The molecular formula is C11H12Cl4O3. The lowest BCUT2D eigenvalue weighted by Crippen LogP contribution is -2.58. The summed E-state index contributed by atoms with van der Waals surface area (Å²) in [6.07, 6.45) is 0. The van der Waals surface area contributed by atoms with Crippen LogP contribution in [-0.4, -0.2) is 43.0 Å². The molecule has 2 aliphatic carbocycles. The van der Waals surface area contributed by atoms with E-state index in [1.54, 1.807) is 0 Å². The van der Waals surface area contributed by atoms with Crippen molar-refractivity contribution in [3.63, 3.8) is 0 Å². The van der Waals surface area contributed by atoms with Gasteiger partial charge in [-0.3, -0.25) is 0 Å². The first kappa shape index (κ1) is 13.7. The third-order valence-electron chi connectivity index (χ3n) is 4.47. The monoisotopic (exact) mass is 332 g/mol. The minimum absolute atomic E-state index is 0.0773. The van der Waals surface area contributed by atoms with Crippen molar-refractivity contribution in [2.24, 2.45) is 11.8 Å². The van der Waals surface area contributed by atoms with E-state index in [1.165, 1.54) is 14.2 Å². The van der Waals surface area contributed by atoms with Gasteiger partial charge in [0.1, 0.15) is 9.75 Å². The van der Waals surface area contributed by atoms with E-state index in [2.05, 4.69) is 0 Å². The summed E-state index contributed by atoms with van der Waals surface area (Å²) in [5, 5.41) is 0.604. The Bertz CT molecular complexity index is 402. The highest BCUT2D eigenvalue weighted by Crippen LogP contribution is 2.74. The minimum Gasteiger partial charge on any atom is -0.381 e. The molecule has 0 aromatic rings. The summed E-state index contributed by atoms with van der Waals surface area (Å²) in [6, 6.07) is 0. The van der Waals surface area contributed by atoms with Gasteiger partial charge in [0.05, 0.1) is 23.3 Å². The Morgan fingerprint density at radius 1 is 1.00 bits per heavy atom. The van der Waals surface area contributed by atoms with E-state index in [9.17, 15) is 0 Å². The van der Waals surface area contributed by atoms with Crippen molar-refractivity contribution in [2.45, 2.75) is 15.5 Å². The van der Waals surface area contributed by atoms with Gasteiger partial charge in [-0.2, -0.15) is 0 Å². The van der Waals surface area contributed by atoms with Crippen LogP contribution in [0.25, 0.3) is 0 Å². The van der Waals surface area contributed by atoms with Crippen LogP contribution in [0.4, 0.5) is 0 Å². The van der Waals surface area contributed by atoms with Crippen LogP contribution in [0.3, 0.4) is 0 Å². The Morgan fingerprint density at radius 2 is 1.39 bits per heavy atom. The molecule has 3 rings (SSSR count). The zero-order valence-corrected chi connectivity index (χ0v) is 12.8. The third kappa shape index (κ3) is 1.06. The first-order chi connectivity index (χ1) is 8.41. The molecule has 2 fully saturated rings. The van der Waals surface area contributed by atoms with Gasteiger partial charge >= 0.3 is 0 Å². The number of alkyl halides is 2. The highest BCUT2D eigenvalue weighted by Gasteiger charge is 2.85. The van der Waals surface area contributed by atoms with Crippen LogP contribution in [0, 0.1) is 11.8 Å². The Balaban J connectivity index is 2.29. The van der Waals surface area contributed by atoms with E-state index in [4.69, 9.17) is 60.6 Å². The van der Waals surface area contributed by atoms with Crippen LogP contribution in [-0.2, 0) is 14.2 Å². The number of halogens is 4. The summed E-state index contributed by atoms with van der Waals surface area (Å²) in [4.78, 5) is -2.20. The maximum absolute atomic E-state index is 6.77. The van der Waals surface area contributed by atoms with E-state index in [0.717, 1.165) is 0 Å². The largest absolute Gasteiger partial charge is 0.381 e. The van der Waals surface area contributed by atoms with Crippen LogP contribution in [0.5, 0.6) is 0 Å². The van der Waals surface area contributed by atoms with Crippen molar-refractivity contribution >= 4 is 46.4 Å². The smallest absolute Gasteiger partial charge is 0.217 e. The average Bonchev–Trinajstić information content (AvgIpc) is 2.94. The molecule has 1 aliphatic heterocycles. The summed E-state index contributed by atoms with van der Waals surface area (Å²) < 4.78 is 16.6. The zero-order valence-electron chi connectivity index (χ0n) is 9.81.